The molecule has 6 nitrogen and oxygen atoms in total. The summed E-state index contributed by atoms with van der Waals surface area (Å²) < 4.78 is 5.39. The highest BCUT2D eigenvalue weighted by molar-refractivity contribution is 8.03. The molecule has 0 bridgehead atoms. The van der Waals surface area contributed by atoms with Crippen LogP contribution < -0.4 is 5.32 Å². The Morgan fingerprint density at radius 1 is 1.45 bits per heavy atom. The van der Waals surface area contributed by atoms with Crippen LogP contribution >= 0.6 is 11.8 Å². The smallest absolute Gasteiger partial charge is 0.478 e. The third-order valence-corrected chi connectivity index (χ3v) is 4.53. The van der Waals surface area contributed by atoms with E-state index in [1.807, 2.05) is 19.9 Å². The molecule has 1 heterocycles. The van der Waals surface area contributed by atoms with E-state index in [2.05, 4.69) is 5.32 Å². The average Bonchev–Trinajstić information content (AvgIpc) is 2.47. The maximum atomic E-state index is 12.0. The van der Waals surface area contributed by atoms with Gasteiger partial charge < -0.3 is 20.1 Å². The van der Waals surface area contributed by atoms with Crippen LogP contribution in [0.15, 0.2) is 11.0 Å². The summed E-state index contributed by atoms with van der Waals surface area (Å²) in [5.74, 6) is -0.530. The number of carbonyl (C=O) groups excluding carboxylic acids is 1. The minimum Gasteiger partial charge on any atom is -0.481 e. The fourth-order valence-corrected chi connectivity index (χ4v) is 3.12. The molecular weight excluding hydrogens is 305 g/mol. The largest absolute Gasteiger partial charge is 0.481 e. The summed E-state index contributed by atoms with van der Waals surface area (Å²) in [6, 6.07) is 0. The van der Waals surface area contributed by atoms with Crippen molar-refractivity contribution in [2.45, 2.75) is 58.0 Å². The van der Waals surface area contributed by atoms with Crippen LogP contribution in [-0.4, -0.2) is 46.9 Å². The molecule has 1 saturated heterocycles. The van der Waals surface area contributed by atoms with Crippen molar-refractivity contribution >= 4 is 30.8 Å². The number of hydrogen-bond donors (Lipinski definition) is 3. The van der Waals surface area contributed by atoms with Crippen LogP contribution in [0.5, 0.6) is 0 Å². The first-order valence-corrected chi connectivity index (χ1v) is 8.57. The van der Waals surface area contributed by atoms with Gasteiger partial charge in [0, 0.05) is 12.5 Å². The monoisotopic (exact) mass is 329 g/mol. The van der Waals surface area contributed by atoms with Crippen LogP contribution in [0.3, 0.4) is 0 Å². The summed E-state index contributed by atoms with van der Waals surface area (Å²) in [6.07, 6.45) is 3.58. The molecule has 1 aliphatic heterocycles. The predicted octanol–water partition coefficient (Wildman–Crippen LogP) is 1.58. The highest BCUT2D eigenvalue weighted by Gasteiger charge is 2.35. The van der Waals surface area contributed by atoms with Crippen LogP contribution in [0.25, 0.3) is 0 Å². The van der Waals surface area contributed by atoms with Crippen LogP contribution in [0.2, 0.25) is 0 Å². The molecule has 1 rings (SSSR count). The maximum Gasteiger partial charge on any atom is 0.478 e. The summed E-state index contributed by atoms with van der Waals surface area (Å²) in [5.41, 5.74) is 0. The number of thioether (sulfide) groups is 1. The van der Waals surface area contributed by atoms with E-state index in [4.69, 9.17) is 9.76 Å². The number of carbonyl (C=O) groups is 2. The molecule has 1 aliphatic rings. The lowest BCUT2D eigenvalue weighted by molar-refractivity contribution is -0.137. The molecule has 1 amide bonds. The number of amides is 1. The van der Waals surface area contributed by atoms with Crippen LogP contribution in [0.1, 0.15) is 46.0 Å². The Labute approximate surface area is 135 Å². The Balaban J connectivity index is 2.38. The SMILES string of the molecule is C/C=C(/CC(=O)N[C@H]1CC[C@@H](CCC(=O)O)OB1O)SCC. The second-order valence-corrected chi connectivity index (χ2v) is 6.59. The molecule has 0 radical (unpaired) electrons. The summed E-state index contributed by atoms with van der Waals surface area (Å²) in [6.45, 7) is 3.93. The second-order valence-electron chi connectivity index (χ2n) is 5.20. The van der Waals surface area contributed by atoms with E-state index in [1.165, 1.54) is 0 Å². The quantitative estimate of drug-likeness (QED) is 0.585. The third-order valence-electron chi connectivity index (χ3n) is 3.49. The van der Waals surface area contributed by atoms with E-state index < -0.39 is 19.0 Å². The van der Waals surface area contributed by atoms with Crippen LogP contribution in [0.4, 0.5) is 0 Å². The third kappa shape index (κ3) is 6.85. The number of rotatable bonds is 8. The van der Waals surface area contributed by atoms with Gasteiger partial charge in [-0.2, -0.15) is 0 Å². The summed E-state index contributed by atoms with van der Waals surface area (Å²) >= 11 is 1.63. The zero-order chi connectivity index (χ0) is 16.5. The number of aliphatic carboxylic acids is 1. The highest BCUT2D eigenvalue weighted by atomic mass is 32.2. The predicted molar refractivity (Wildman–Crippen MR) is 87.4 cm³/mol. The van der Waals surface area contributed by atoms with Gasteiger partial charge in [-0.25, -0.2) is 0 Å². The van der Waals surface area contributed by atoms with E-state index in [0.29, 0.717) is 25.7 Å². The van der Waals surface area contributed by atoms with Gasteiger partial charge in [-0.05, 0) is 36.8 Å². The van der Waals surface area contributed by atoms with Gasteiger partial charge in [-0.1, -0.05) is 13.0 Å². The standard InChI is InChI=1S/C14H24BNO5S/c1-3-11(22-4-2)9-13(17)16-12-7-5-10(21-15(12)20)6-8-14(18)19/h3,10,12,20H,4-9H2,1-2H3,(H,16,17)(H,18,19)/b11-3-/t10-,12-/m0/s1. The molecule has 0 aromatic rings. The molecule has 0 aliphatic carbocycles. The zero-order valence-corrected chi connectivity index (χ0v) is 13.9. The lowest BCUT2D eigenvalue weighted by atomic mass is 9.72. The normalized spacial score (nSPS) is 22.5. The number of allylic oxidation sites excluding steroid dienone is 1. The van der Waals surface area contributed by atoms with Crippen LogP contribution in [0, 0.1) is 0 Å². The fourth-order valence-electron chi connectivity index (χ4n) is 2.35. The maximum absolute atomic E-state index is 12.0. The van der Waals surface area contributed by atoms with E-state index in [9.17, 15) is 14.6 Å². The van der Waals surface area contributed by atoms with Gasteiger partial charge in [0.25, 0.3) is 0 Å². The topological polar surface area (TPSA) is 95.9 Å². The molecule has 8 heteroatoms. The molecule has 0 spiro atoms. The fraction of sp³-hybridized carbons (Fsp3) is 0.714. The van der Waals surface area contributed by atoms with E-state index >= 15 is 0 Å². The second kappa shape index (κ2) is 9.92. The van der Waals surface area contributed by atoms with E-state index in [0.717, 1.165) is 10.7 Å². The van der Waals surface area contributed by atoms with Gasteiger partial charge in [0.2, 0.25) is 5.91 Å². The van der Waals surface area contributed by atoms with Crippen molar-refractivity contribution < 1.29 is 24.4 Å². The van der Waals surface area contributed by atoms with Crippen molar-refractivity contribution in [1.82, 2.24) is 5.32 Å². The van der Waals surface area contributed by atoms with Crippen LogP contribution in [-0.2, 0) is 14.2 Å². The van der Waals surface area contributed by atoms with Crippen molar-refractivity contribution in [3.63, 3.8) is 0 Å². The number of nitrogens with one attached hydrogen (secondary N) is 1. The molecule has 1 fully saturated rings. The van der Waals surface area contributed by atoms with E-state index in [-0.39, 0.29) is 18.4 Å². The minimum absolute atomic E-state index is 0.0211. The van der Waals surface area contributed by atoms with Crippen molar-refractivity contribution in [3.05, 3.63) is 11.0 Å². The minimum atomic E-state index is -1.08. The first-order chi connectivity index (χ1) is 10.5. The van der Waals surface area contributed by atoms with Crippen molar-refractivity contribution in [1.29, 1.82) is 0 Å². The molecule has 0 aromatic carbocycles. The highest BCUT2D eigenvalue weighted by Crippen LogP contribution is 2.21. The lowest BCUT2D eigenvalue weighted by Gasteiger charge is -2.31. The number of carboxylic acid groups (broad SMARTS) is 1. The Morgan fingerprint density at radius 3 is 2.73 bits per heavy atom. The molecule has 22 heavy (non-hydrogen) atoms. The molecule has 0 aromatic heterocycles. The Kier molecular flexibility index (Phi) is 8.59. The Morgan fingerprint density at radius 2 is 2.18 bits per heavy atom. The lowest BCUT2D eigenvalue weighted by Crippen LogP contribution is -2.52. The van der Waals surface area contributed by atoms with Crippen molar-refractivity contribution in [2.24, 2.45) is 0 Å². The van der Waals surface area contributed by atoms with Gasteiger partial charge in [0.15, 0.2) is 0 Å². The van der Waals surface area contributed by atoms with Gasteiger partial charge in [0.1, 0.15) is 0 Å². The molecular formula is C14H24BNO5S. The number of hydrogen-bond acceptors (Lipinski definition) is 5. The average molecular weight is 329 g/mol. The van der Waals surface area contributed by atoms with Gasteiger partial charge >= 0.3 is 13.1 Å². The van der Waals surface area contributed by atoms with Crippen molar-refractivity contribution in [2.75, 3.05) is 5.75 Å². The molecule has 3 N–H and O–H groups in total. The van der Waals surface area contributed by atoms with Gasteiger partial charge in [0.05, 0.1) is 12.4 Å². The summed E-state index contributed by atoms with van der Waals surface area (Å²) in [7, 11) is -1.08. The summed E-state index contributed by atoms with van der Waals surface area (Å²) in [5, 5.41) is 21.4. The van der Waals surface area contributed by atoms with E-state index in [1.54, 1.807) is 11.8 Å². The first kappa shape index (κ1) is 19.1. The summed E-state index contributed by atoms with van der Waals surface area (Å²) in [4.78, 5) is 23.5. The van der Waals surface area contributed by atoms with Gasteiger partial charge in [-0.3, -0.25) is 9.59 Å². The van der Waals surface area contributed by atoms with Gasteiger partial charge in [-0.15, -0.1) is 11.8 Å². The first-order valence-electron chi connectivity index (χ1n) is 7.58. The Hall–Kier alpha value is -0.985. The van der Waals surface area contributed by atoms with Crippen molar-refractivity contribution in [3.8, 4) is 0 Å². The molecule has 2 atom stereocenters. The molecule has 0 saturated carbocycles. The molecule has 0 unspecified atom stereocenters. The Bertz CT molecular complexity index is 418. The zero-order valence-electron chi connectivity index (χ0n) is 13.1. The molecule has 124 valence electrons. The number of carboxylic acids is 1.